The first-order valence-corrected chi connectivity index (χ1v) is 5.37. The molecule has 2 rings (SSSR count). The third-order valence-corrected chi connectivity index (χ3v) is 2.54. The number of aromatic nitrogens is 3. The molecular formula is C11H11ClN4O. The fourth-order valence-electron chi connectivity index (χ4n) is 1.45. The van der Waals surface area contributed by atoms with E-state index in [-0.39, 0.29) is 5.91 Å². The Balaban J connectivity index is 2.23. The molecule has 2 heterocycles. The first kappa shape index (κ1) is 11.6. The molecule has 0 radical (unpaired) electrons. The van der Waals surface area contributed by atoms with E-state index in [0.717, 1.165) is 5.56 Å². The second kappa shape index (κ2) is 4.55. The van der Waals surface area contributed by atoms with Crippen LogP contribution in [0.4, 0.5) is 5.82 Å². The van der Waals surface area contributed by atoms with Crippen molar-refractivity contribution in [1.29, 1.82) is 0 Å². The monoisotopic (exact) mass is 250 g/mol. The summed E-state index contributed by atoms with van der Waals surface area (Å²) in [5.41, 5.74) is 1.33. The number of hydrogen-bond donors (Lipinski definition) is 1. The number of carbonyl (C=O) groups is 1. The van der Waals surface area contributed by atoms with Crippen LogP contribution in [0.2, 0.25) is 5.02 Å². The van der Waals surface area contributed by atoms with E-state index >= 15 is 0 Å². The van der Waals surface area contributed by atoms with Gasteiger partial charge in [0, 0.05) is 13.2 Å². The molecule has 0 saturated carbocycles. The number of pyridine rings is 1. The maximum absolute atomic E-state index is 11.9. The molecule has 0 atom stereocenters. The van der Waals surface area contributed by atoms with Crippen LogP contribution in [0, 0.1) is 6.92 Å². The number of carbonyl (C=O) groups excluding carboxylic acids is 1. The highest BCUT2D eigenvalue weighted by Crippen LogP contribution is 2.15. The summed E-state index contributed by atoms with van der Waals surface area (Å²) in [7, 11) is 1.66. The topological polar surface area (TPSA) is 59.8 Å². The normalized spacial score (nSPS) is 10.3. The third kappa shape index (κ3) is 2.45. The van der Waals surface area contributed by atoms with E-state index in [0.29, 0.717) is 16.5 Å². The minimum absolute atomic E-state index is 0.315. The van der Waals surface area contributed by atoms with Crippen molar-refractivity contribution in [2.24, 2.45) is 7.05 Å². The van der Waals surface area contributed by atoms with Crippen molar-refractivity contribution >= 4 is 23.3 Å². The van der Waals surface area contributed by atoms with Gasteiger partial charge in [0.2, 0.25) is 0 Å². The molecule has 1 amide bonds. The summed E-state index contributed by atoms with van der Waals surface area (Å²) in [4.78, 5) is 16.0. The van der Waals surface area contributed by atoms with Gasteiger partial charge in [0.05, 0.1) is 11.2 Å². The Morgan fingerprint density at radius 3 is 2.88 bits per heavy atom. The van der Waals surface area contributed by atoms with Crippen molar-refractivity contribution in [2.75, 3.05) is 5.32 Å². The molecule has 0 aliphatic heterocycles. The molecule has 17 heavy (non-hydrogen) atoms. The van der Waals surface area contributed by atoms with E-state index in [1.807, 2.05) is 13.0 Å². The summed E-state index contributed by atoms with van der Waals surface area (Å²) in [5, 5.41) is 6.89. The minimum atomic E-state index is -0.326. The highest BCUT2D eigenvalue weighted by Gasteiger charge is 2.15. The second-order valence-electron chi connectivity index (χ2n) is 3.64. The molecule has 0 fully saturated rings. The van der Waals surface area contributed by atoms with Crippen LogP contribution in [0.15, 0.2) is 24.5 Å². The van der Waals surface area contributed by atoms with Gasteiger partial charge in [-0.25, -0.2) is 4.98 Å². The molecule has 0 spiro atoms. The van der Waals surface area contributed by atoms with Crippen LogP contribution < -0.4 is 5.32 Å². The van der Waals surface area contributed by atoms with Gasteiger partial charge < -0.3 is 5.32 Å². The summed E-state index contributed by atoms with van der Waals surface area (Å²) in [6, 6.07) is 3.63. The highest BCUT2D eigenvalue weighted by molar-refractivity contribution is 6.34. The lowest BCUT2D eigenvalue weighted by Gasteiger charge is -2.05. The molecule has 5 nitrogen and oxygen atoms in total. The Bertz CT molecular complexity index is 545. The number of nitrogens with zero attached hydrogens (tertiary/aromatic N) is 3. The van der Waals surface area contributed by atoms with Crippen LogP contribution in [0.3, 0.4) is 0 Å². The fraction of sp³-hybridized carbons (Fsp3) is 0.182. The number of amides is 1. The van der Waals surface area contributed by atoms with Crippen molar-refractivity contribution in [3.63, 3.8) is 0 Å². The van der Waals surface area contributed by atoms with Crippen LogP contribution in [0.25, 0.3) is 0 Å². The Hall–Kier alpha value is -1.88. The largest absolute Gasteiger partial charge is 0.305 e. The standard InChI is InChI=1S/C11H11ClN4O/c1-7-3-4-13-9(5-7)15-11(17)10-8(12)6-14-16(10)2/h3-6H,1-2H3,(H,13,15,17). The summed E-state index contributed by atoms with van der Waals surface area (Å²) >= 11 is 5.87. The number of rotatable bonds is 2. The first-order chi connectivity index (χ1) is 8.08. The average molecular weight is 251 g/mol. The molecule has 6 heteroatoms. The molecule has 0 aromatic carbocycles. The molecule has 2 aromatic heterocycles. The van der Waals surface area contributed by atoms with Crippen LogP contribution in [0.1, 0.15) is 16.1 Å². The molecule has 0 aliphatic rings. The summed E-state index contributed by atoms with van der Waals surface area (Å²) in [6.45, 7) is 1.92. The van der Waals surface area contributed by atoms with Crippen LogP contribution in [-0.4, -0.2) is 20.7 Å². The quantitative estimate of drug-likeness (QED) is 0.887. The average Bonchev–Trinajstić information content (AvgIpc) is 2.58. The van der Waals surface area contributed by atoms with Gasteiger partial charge >= 0.3 is 0 Å². The Labute approximate surface area is 103 Å². The minimum Gasteiger partial charge on any atom is -0.305 e. The lowest BCUT2D eigenvalue weighted by molar-refractivity contribution is 0.101. The first-order valence-electron chi connectivity index (χ1n) is 4.99. The lowest BCUT2D eigenvalue weighted by atomic mass is 10.3. The fourth-order valence-corrected chi connectivity index (χ4v) is 1.70. The lowest BCUT2D eigenvalue weighted by Crippen LogP contribution is -2.17. The Morgan fingerprint density at radius 2 is 2.29 bits per heavy atom. The van der Waals surface area contributed by atoms with Gasteiger partial charge in [-0.1, -0.05) is 11.6 Å². The number of nitrogens with one attached hydrogen (secondary N) is 1. The van der Waals surface area contributed by atoms with Crippen molar-refractivity contribution in [2.45, 2.75) is 6.92 Å². The summed E-state index contributed by atoms with van der Waals surface area (Å²) in [6.07, 6.45) is 3.07. The van der Waals surface area contributed by atoms with E-state index in [2.05, 4.69) is 15.4 Å². The molecular weight excluding hydrogens is 240 g/mol. The Kier molecular flexibility index (Phi) is 3.10. The van der Waals surface area contributed by atoms with Crippen LogP contribution in [0.5, 0.6) is 0 Å². The van der Waals surface area contributed by atoms with E-state index in [1.54, 1.807) is 19.3 Å². The highest BCUT2D eigenvalue weighted by atomic mass is 35.5. The molecule has 0 aliphatic carbocycles. The molecule has 2 aromatic rings. The molecule has 88 valence electrons. The van der Waals surface area contributed by atoms with E-state index < -0.39 is 0 Å². The molecule has 0 saturated heterocycles. The van der Waals surface area contributed by atoms with Gasteiger partial charge in [0.1, 0.15) is 11.5 Å². The predicted octanol–water partition coefficient (Wildman–Crippen LogP) is 2.03. The SMILES string of the molecule is Cc1ccnc(NC(=O)c2c(Cl)cnn2C)c1. The number of anilines is 1. The third-order valence-electron chi connectivity index (χ3n) is 2.27. The van der Waals surface area contributed by atoms with Gasteiger partial charge in [0.15, 0.2) is 0 Å². The van der Waals surface area contributed by atoms with Gasteiger partial charge in [-0.05, 0) is 24.6 Å². The number of hydrogen-bond acceptors (Lipinski definition) is 3. The van der Waals surface area contributed by atoms with Crippen molar-refractivity contribution in [1.82, 2.24) is 14.8 Å². The van der Waals surface area contributed by atoms with Crippen molar-refractivity contribution in [3.8, 4) is 0 Å². The van der Waals surface area contributed by atoms with Gasteiger partial charge in [-0.2, -0.15) is 5.10 Å². The smallest absolute Gasteiger partial charge is 0.276 e. The van der Waals surface area contributed by atoms with Gasteiger partial charge in [-0.3, -0.25) is 9.48 Å². The number of aryl methyl sites for hydroxylation is 2. The molecule has 0 unspecified atom stereocenters. The van der Waals surface area contributed by atoms with Crippen LogP contribution in [-0.2, 0) is 7.05 Å². The number of halogens is 1. The Morgan fingerprint density at radius 1 is 1.53 bits per heavy atom. The predicted molar refractivity (Wildman–Crippen MR) is 65.1 cm³/mol. The zero-order valence-electron chi connectivity index (χ0n) is 9.44. The van der Waals surface area contributed by atoms with Crippen LogP contribution >= 0.6 is 11.6 Å². The zero-order valence-corrected chi connectivity index (χ0v) is 10.2. The summed E-state index contributed by atoms with van der Waals surface area (Å²) in [5.74, 6) is 0.167. The van der Waals surface area contributed by atoms with E-state index in [1.165, 1.54) is 10.9 Å². The van der Waals surface area contributed by atoms with E-state index in [9.17, 15) is 4.79 Å². The zero-order chi connectivity index (χ0) is 12.4. The molecule has 1 N–H and O–H groups in total. The maximum Gasteiger partial charge on any atom is 0.276 e. The second-order valence-corrected chi connectivity index (χ2v) is 4.04. The van der Waals surface area contributed by atoms with E-state index in [4.69, 9.17) is 11.6 Å². The maximum atomic E-state index is 11.9. The van der Waals surface area contributed by atoms with Gasteiger partial charge in [0.25, 0.3) is 5.91 Å². The summed E-state index contributed by atoms with van der Waals surface area (Å²) < 4.78 is 1.42. The molecule has 0 bridgehead atoms. The van der Waals surface area contributed by atoms with Gasteiger partial charge in [-0.15, -0.1) is 0 Å². The van der Waals surface area contributed by atoms with Crippen molar-refractivity contribution in [3.05, 3.63) is 40.8 Å². The van der Waals surface area contributed by atoms with Crippen molar-refractivity contribution < 1.29 is 4.79 Å².